The molecule has 0 heterocycles. The molecule has 71 valence electrons. The largest absolute Gasteiger partial charge is 0.376 e. The molecule has 2 unspecified atom stereocenters. The molecule has 12 heavy (non-hydrogen) atoms. The van der Waals surface area contributed by atoms with Crippen LogP contribution in [0.1, 0.15) is 33.1 Å². The molecule has 2 nitrogen and oxygen atoms in total. The standard InChI is InChI=1S/C10H19O2/c1-3-11-9-7-5-6-8-10(9)12-4-2/h7,9-10H,3-6,8H2,1-2H3. The van der Waals surface area contributed by atoms with Crippen molar-refractivity contribution in [2.75, 3.05) is 13.2 Å². The summed E-state index contributed by atoms with van der Waals surface area (Å²) in [7, 11) is 0. The highest BCUT2D eigenvalue weighted by Gasteiger charge is 2.25. The summed E-state index contributed by atoms with van der Waals surface area (Å²) in [4.78, 5) is 0. The Labute approximate surface area is 75.2 Å². The van der Waals surface area contributed by atoms with Crippen LogP contribution in [-0.2, 0) is 9.47 Å². The predicted molar refractivity (Wildman–Crippen MR) is 49.0 cm³/mol. The predicted octanol–water partition coefficient (Wildman–Crippen LogP) is 2.18. The van der Waals surface area contributed by atoms with Crippen molar-refractivity contribution in [1.29, 1.82) is 0 Å². The van der Waals surface area contributed by atoms with Crippen LogP contribution in [0.2, 0.25) is 0 Å². The van der Waals surface area contributed by atoms with E-state index in [1.54, 1.807) is 0 Å². The fourth-order valence-corrected chi connectivity index (χ4v) is 1.68. The van der Waals surface area contributed by atoms with Gasteiger partial charge in [-0.2, -0.15) is 0 Å². The topological polar surface area (TPSA) is 18.5 Å². The Kier molecular flexibility index (Phi) is 4.62. The average Bonchev–Trinajstić information content (AvgIpc) is 2.09. The summed E-state index contributed by atoms with van der Waals surface area (Å²) in [6, 6.07) is 0. The third-order valence-electron chi connectivity index (χ3n) is 2.20. The molecule has 2 atom stereocenters. The van der Waals surface area contributed by atoms with Crippen molar-refractivity contribution in [2.45, 2.75) is 45.3 Å². The van der Waals surface area contributed by atoms with Crippen LogP contribution < -0.4 is 0 Å². The maximum absolute atomic E-state index is 5.59. The van der Waals surface area contributed by atoms with E-state index in [4.69, 9.17) is 9.47 Å². The summed E-state index contributed by atoms with van der Waals surface area (Å²) in [6.45, 7) is 5.65. The first-order chi connectivity index (χ1) is 5.88. The van der Waals surface area contributed by atoms with Crippen LogP contribution in [0, 0.1) is 6.42 Å². The first-order valence-electron chi connectivity index (χ1n) is 4.95. The van der Waals surface area contributed by atoms with Gasteiger partial charge in [0.25, 0.3) is 0 Å². The van der Waals surface area contributed by atoms with Gasteiger partial charge in [0.05, 0.1) is 12.2 Å². The molecule has 2 heteroatoms. The normalized spacial score (nSPS) is 30.5. The minimum atomic E-state index is 0.240. The van der Waals surface area contributed by atoms with Crippen molar-refractivity contribution >= 4 is 0 Å². The molecule has 1 aliphatic rings. The lowest BCUT2D eigenvalue weighted by molar-refractivity contribution is -0.0655. The molecule has 1 aliphatic carbocycles. The molecule has 0 aromatic rings. The average molecular weight is 171 g/mol. The van der Waals surface area contributed by atoms with Gasteiger partial charge in [0, 0.05) is 13.2 Å². The highest BCUT2D eigenvalue weighted by atomic mass is 16.5. The van der Waals surface area contributed by atoms with Gasteiger partial charge in [-0.25, -0.2) is 0 Å². The van der Waals surface area contributed by atoms with Crippen LogP contribution in [0.4, 0.5) is 0 Å². The second-order valence-electron chi connectivity index (χ2n) is 3.08. The molecule has 0 bridgehead atoms. The van der Waals surface area contributed by atoms with E-state index in [1.165, 1.54) is 12.8 Å². The van der Waals surface area contributed by atoms with Crippen molar-refractivity contribution in [3.8, 4) is 0 Å². The molecule has 1 rings (SSSR count). The third kappa shape index (κ3) is 2.76. The SMILES string of the molecule is CCOC1[CH]CCCC1OCC. The monoisotopic (exact) mass is 171 g/mol. The molecule has 0 aliphatic heterocycles. The Hall–Kier alpha value is -0.0800. The van der Waals surface area contributed by atoms with Gasteiger partial charge >= 0.3 is 0 Å². The molecular formula is C10H19O2. The maximum Gasteiger partial charge on any atom is 0.0868 e. The van der Waals surface area contributed by atoms with Crippen LogP contribution in [0.15, 0.2) is 0 Å². The summed E-state index contributed by atoms with van der Waals surface area (Å²) in [5.74, 6) is 0. The zero-order valence-corrected chi connectivity index (χ0v) is 8.08. The highest BCUT2D eigenvalue weighted by Crippen LogP contribution is 2.22. The van der Waals surface area contributed by atoms with Crippen LogP contribution in [0.5, 0.6) is 0 Å². The van der Waals surface area contributed by atoms with Crippen LogP contribution in [0.3, 0.4) is 0 Å². The summed E-state index contributed by atoms with van der Waals surface area (Å²) in [6.07, 6.45) is 6.36. The second kappa shape index (κ2) is 5.55. The molecule has 0 aromatic heterocycles. The minimum absolute atomic E-state index is 0.240. The van der Waals surface area contributed by atoms with Gasteiger partial charge < -0.3 is 9.47 Å². The second-order valence-corrected chi connectivity index (χ2v) is 3.08. The Morgan fingerprint density at radius 3 is 2.67 bits per heavy atom. The maximum atomic E-state index is 5.59. The highest BCUT2D eigenvalue weighted by molar-refractivity contribution is 4.89. The zero-order chi connectivity index (χ0) is 8.81. The van der Waals surface area contributed by atoms with Gasteiger partial charge in [0.15, 0.2) is 0 Å². The van der Waals surface area contributed by atoms with E-state index >= 15 is 0 Å². The smallest absolute Gasteiger partial charge is 0.0868 e. The fourth-order valence-electron chi connectivity index (χ4n) is 1.68. The molecule has 1 fully saturated rings. The van der Waals surface area contributed by atoms with Crippen molar-refractivity contribution in [2.24, 2.45) is 0 Å². The summed E-state index contributed by atoms with van der Waals surface area (Å²) in [5.41, 5.74) is 0. The van der Waals surface area contributed by atoms with E-state index in [0.717, 1.165) is 19.6 Å². The molecule has 1 saturated carbocycles. The van der Waals surface area contributed by atoms with Gasteiger partial charge in [0.1, 0.15) is 0 Å². The fraction of sp³-hybridized carbons (Fsp3) is 0.900. The molecule has 1 radical (unpaired) electrons. The Bertz CT molecular complexity index is 96.4. The first kappa shape index (κ1) is 10.0. The van der Waals surface area contributed by atoms with Gasteiger partial charge in [0.2, 0.25) is 0 Å². The van der Waals surface area contributed by atoms with E-state index in [1.807, 2.05) is 13.8 Å². The first-order valence-corrected chi connectivity index (χ1v) is 4.95. The lowest BCUT2D eigenvalue weighted by Crippen LogP contribution is -2.35. The Morgan fingerprint density at radius 1 is 1.25 bits per heavy atom. The van der Waals surface area contributed by atoms with Crippen molar-refractivity contribution < 1.29 is 9.47 Å². The number of hydrogen-bond donors (Lipinski definition) is 0. The summed E-state index contributed by atoms with van der Waals surface area (Å²) < 4.78 is 11.2. The van der Waals surface area contributed by atoms with Crippen LogP contribution >= 0.6 is 0 Å². The molecule has 0 N–H and O–H groups in total. The Balaban J connectivity index is 2.31. The van der Waals surface area contributed by atoms with Crippen molar-refractivity contribution in [3.63, 3.8) is 0 Å². The van der Waals surface area contributed by atoms with Gasteiger partial charge in [-0.3, -0.25) is 0 Å². The number of hydrogen-bond acceptors (Lipinski definition) is 2. The lowest BCUT2D eigenvalue weighted by atomic mass is 9.94. The minimum Gasteiger partial charge on any atom is -0.376 e. The van der Waals surface area contributed by atoms with E-state index in [0.29, 0.717) is 6.10 Å². The summed E-state index contributed by atoms with van der Waals surface area (Å²) >= 11 is 0. The molecule has 0 saturated heterocycles. The molecule has 0 spiro atoms. The van der Waals surface area contributed by atoms with Crippen molar-refractivity contribution in [3.05, 3.63) is 6.42 Å². The van der Waals surface area contributed by atoms with E-state index in [9.17, 15) is 0 Å². The molecular weight excluding hydrogens is 152 g/mol. The van der Waals surface area contributed by atoms with Gasteiger partial charge in [-0.1, -0.05) is 6.42 Å². The van der Waals surface area contributed by atoms with Gasteiger partial charge in [-0.15, -0.1) is 0 Å². The summed E-state index contributed by atoms with van der Waals surface area (Å²) in [5, 5.41) is 0. The number of ether oxygens (including phenoxy) is 2. The third-order valence-corrected chi connectivity index (χ3v) is 2.20. The van der Waals surface area contributed by atoms with E-state index < -0.39 is 0 Å². The van der Waals surface area contributed by atoms with E-state index in [-0.39, 0.29) is 6.10 Å². The quantitative estimate of drug-likeness (QED) is 0.645. The number of rotatable bonds is 4. The van der Waals surface area contributed by atoms with Gasteiger partial charge in [-0.05, 0) is 33.1 Å². The molecule has 0 amide bonds. The van der Waals surface area contributed by atoms with Crippen LogP contribution in [-0.4, -0.2) is 25.4 Å². The van der Waals surface area contributed by atoms with E-state index in [2.05, 4.69) is 6.42 Å². The molecule has 0 aromatic carbocycles. The van der Waals surface area contributed by atoms with Crippen molar-refractivity contribution in [1.82, 2.24) is 0 Å². The van der Waals surface area contributed by atoms with Crippen LogP contribution in [0.25, 0.3) is 0 Å². The Morgan fingerprint density at radius 2 is 2.00 bits per heavy atom. The zero-order valence-electron chi connectivity index (χ0n) is 8.08. The lowest BCUT2D eigenvalue weighted by Gasteiger charge is -2.30.